The van der Waals surface area contributed by atoms with Gasteiger partial charge in [0.15, 0.2) is 0 Å². The Morgan fingerprint density at radius 1 is 1.47 bits per heavy atom. The van der Waals surface area contributed by atoms with Gasteiger partial charge in [0.05, 0.1) is 5.69 Å². The molecular weight excluding hydrogens is 212 g/mol. The molecule has 17 heavy (non-hydrogen) atoms. The first-order valence-electron chi connectivity index (χ1n) is 6.56. The summed E-state index contributed by atoms with van der Waals surface area (Å²) in [6, 6.07) is 2.88. The topological polar surface area (TPSA) is 47.1 Å². The monoisotopic (exact) mass is 236 g/mol. The van der Waals surface area contributed by atoms with Crippen LogP contribution in [0.2, 0.25) is 0 Å². The minimum atomic E-state index is 0.325. The van der Waals surface area contributed by atoms with E-state index in [4.69, 9.17) is 5.73 Å². The highest BCUT2D eigenvalue weighted by Crippen LogP contribution is 2.17. The van der Waals surface area contributed by atoms with Crippen molar-refractivity contribution in [2.75, 3.05) is 13.1 Å². The predicted molar refractivity (Wildman–Crippen MR) is 69.6 cm³/mol. The molecular formula is C13H24N4. The summed E-state index contributed by atoms with van der Waals surface area (Å²) in [5.74, 6) is 0.700. The lowest BCUT2D eigenvalue weighted by atomic mass is 9.96. The molecule has 0 saturated carbocycles. The summed E-state index contributed by atoms with van der Waals surface area (Å²) in [6.45, 7) is 9.64. The summed E-state index contributed by atoms with van der Waals surface area (Å²) in [5, 5.41) is 4.59. The van der Waals surface area contributed by atoms with Gasteiger partial charge in [0.1, 0.15) is 0 Å². The van der Waals surface area contributed by atoms with Crippen molar-refractivity contribution in [3.63, 3.8) is 0 Å². The van der Waals surface area contributed by atoms with Crippen LogP contribution in [0.25, 0.3) is 0 Å². The fraction of sp³-hybridized carbons (Fsp3) is 0.769. The Morgan fingerprint density at radius 3 is 2.82 bits per heavy atom. The van der Waals surface area contributed by atoms with Gasteiger partial charge in [-0.1, -0.05) is 6.92 Å². The predicted octanol–water partition coefficient (Wildman–Crippen LogP) is 1.63. The number of hydrogen-bond donors (Lipinski definition) is 1. The number of nitrogens with two attached hydrogens (primary N) is 1. The lowest BCUT2D eigenvalue weighted by Crippen LogP contribution is -2.45. The molecule has 0 radical (unpaired) electrons. The maximum absolute atomic E-state index is 6.06. The van der Waals surface area contributed by atoms with E-state index >= 15 is 0 Å². The number of rotatable bonds is 3. The maximum Gasteiger partial charge on any atom is 0.0764 e. The van der Waals surface area contributed by atoms with Crippen molar-refractivity contribution in [2.24, 2.45) is 11.7 Å². The second-order valence-corrected chi connectivity index (χ2v) is 5.68. The maximum atomic E-state index is 6.06. The van der Waals surface area contributed by atoms with Crippen molar-refractivity contribution in [2.45, 2.75) is 45.8 Å². The van der Waals surface area contributed by atoms with Crippen LogP contribution in [0.1, 0.15) is 38.9 Å². The van der Waals surface area contributed by atoms with Crippen molar-refractivity contribution in [3.05, 3.63) is 18.0 Å². The fourth-order valence-electron chi connectivity index (χ4n) is 2.62. The Morgan fingerprint density at radius 2 is 2.24 bits per heavy atom. The van der Waals surface area contributed by atoms with Crippen molar-refractivity contribution < 1.29 is 0 Å². The van der Waals surface area contributed by atoms with Crippen molar-refractivity contribution in [3.8, 4) is 0 Å². The summed E-state index contributed by atoms with van der Waals surface area (Å²) in [4.78, 5) is 2.42. The number of aromatic nitrogens is 2. The molecule has 1 aliphatic heterocycles. The van der Waals surface area contributed by atoms with Crippen LogP contribution >= 0.6 is 0 Å². The van der Waals surface area contributed by atoms with Crippen LogP contribution in [0.3, 0.4) is 0 Å². The summed E-state index contributed by atoms with van der Waals surface area (Å²) < 4.78 is 2.02. The van der Waals surface area contributed by atoms with E-state index in [-0.39, 0.29) is 0 Å². The molecule has 2 N–H and O–H groups in total. The van der Waals surface area contributed by atoms with Gasteiger partial charge in [-0.3, -0.25) is 9.58 Å². The van der Waals surface area contributed by atoms with E-state index in [0.29, 0.717) is 18.0 Å². The van der Waals surface area contributed by atoms with Crippen LogP contribution in [0.4, 0.5) is 0 Å². The van der Waals surface area contributed by atoms with Gasteiger partial charge in [0, 0.05) is 37.9 Å². The molecule has 1 fully saturated rings. The smallest absolute Gasteiger partial charge is 0.0764 e. The largest absolute Gasteiger partial charge is 0.327 e. The van der Waals surface area contributed by atoms with Gasteiger partial charge < -0.3 is 5.73 Å². The lowest BCUT2D eigenvalue weighted by molar-refractivity contribution is 0.156. The van der Waals surface area contributed by atoms with Crippen molar-refractivity contribution >= 4 is 0 Å². The number of nitrogens with zero attached hydrogens (tertiary/aromatic N) is 3. The second kappa shape index (κ2) is 5.19. The molecule has 0 aromatic carbocycles. The molecule has 0 aliphatic carbocycles. The van der Waals surface area contributed by atoms with Gasteiger partial charge in [-0.15, -0.1) is 0 Å². The number of hydrogen-bond acceptors (Lipinski definition) is 3. The average molecular weight is 236 g/mol. The van der Waals surface area contributed by atoms with Gasteiger partial charge >= 0.3 is 0 Å². The minimum Gasteiger partial charge on any atom is -0.327 e. The molecule has 1 aromatic rings. The summed E-state index contributed by atoms with van der Waals surface area (Å²) >= 11 is 0. The SMILES string of the molecule is CC1CC(N)CN(Cc2ccn(C(C)C)n2)C1. The number of likely N-dealkylation sites (tertiary alicyclic amines) is 1. The highest BCUT2D eigenvalue weighted by molar-refractivity contribution is 5.00. The first-order chi connectivity index (χ1) is 8.04. The van der Waals surface area contributed by atoms with Gasteiger partial charge in [0.2, 0.25) is 0 Å². The fourth-order valence-corrected chi connectivity index (χ4v) is 2.62. The molecule has 4 nitrogen and oxygen atoms in total. The third-order valence-electron chi connectivity index (χ3n) is 3.35. The Hall–Kier alpha value is -0.870. The van der Waals surface area contributed by atoms with Crippen LogP contribution in [0, 0.1) is 5.92 Å². The Bertz CT molecular complexity index is 348. The Labute approximate surface area is 104 Å². The third-order valence-corrected chi connectivity index (χ3v) is 3.35. The van der Waals surface area contributed by atoms with Crippen molar-refractivity contribution in [1.82, 2.24) is 14.7 Å². The average Bonchev–Trinajstić information content (AvgIpc) is 2.64. The normalized spacial score (nSPS) is 26.6. The minimum absolute atomic E-state index is 0.325. The van der Waals surface area contributed by atoms with Crippen LogP contribution in [0.15, 0.2) is 12.3 Å². The van der Waals surface area contributed by atoms with Gasteiger partial charge in [-0.05, 0) is 32.3 Å². The molecule has 4 heteroatoms. The van der Waals surface area contributed by atoms with E-state index in [2.05, 4.69) is 43.0 Å². The van der Waals surface area contributed by atoms with Crippen molar-refractivity contribution in [1.29, 1.82) is 0 Å². The zero-order valence-corrected chi connectivity index (χ0v) is 11.1. The Balaban J connectivity index is 1.95. The molecule has 1 aromatic heterocycles. The number of piperidine rings is 1. The van der Waals surface area contributed by atoms with E-state index in [1.165, 1.54) is 0 Å². The quantitative estimate of drug-likeness (QED) is 0.867. The molecule has 2 unspecified atom stereocenters. The van der Waals surface area contributed by atoms with E-state index in [0.717, 1.165) is 31.7 Å². The Kier molecular flexibility index (Phi) is 3.84. The first-order valence-corrected chi connectivity index (χ1v) is 6.56. The second-order valence-electron chi connectivity index (χ2n) is 5.68. The van der Waals surface area contributed by atoms with Crippen LogP contribution in [-0.4, -0.2) is 33.8 Å². The van der Waals surface area contributed by atoms with Crippen LogP contribution < -0.4 is 5.73 Å². The van der Waals surface area contributed by atoms with Gasteiger partial charge in [0.25, 0.3) is 0 Å². The summed E-state index contributed by atoms with van der Waals surface area (Å²) in [5.41, 5.74) is 7.21. The highest BCUT2D eigenvalue weighted by Gasteiger charge is 2.22. The molecule has 96 valence electrons. The lowest BCUT2D eigenvalue weighted by Gasteiger charge is -2.34. The third kappa shape index (κ3) is 3.30. The highest BCUT2D eigenvalue weighted by atomic mass is 15.3. The van der Waals surface area contributed by atoms with Gasteiger partial charge in [-0.25, -0.2) is 0 Å². The molecule has 1 saturated heterocycles. The van der Waals surface area contributed by atoms with E-state index < -0.39 is 0 Å². The van der Waals surface area contributed by atoms with Crippen LogP contribution in [-0.2, 0) is 6.54 Å². The van der Waals surface area contributed by atoms with E-state index in [9.17, 15) is 0 Å². The molecule has 0 amide bonds. The molecule has 0 spiro atoms. The standard InChI is InChI=1S/C13H24N4/c1-10(2)17-5-4-13(15-17)9-16-7-11(3)6-12(14)8-16/h4-5,10-12H,6-9,14H2,1-3H3. The van der Waals surface area contributed by atoms with Crippen LogP contribution in [0.5, 0.6) is 0 Å². The van der Waals surface area contributed by atoms with E-state index in [1.54, 1.807) is 0 Å². The summed E-state index contributed by atoms with van der Waals surface area (Å²) in [6.07, 6.45) is 3.21. The van der Waals surface area contributed by atoms with Gasteiger partial charge in [-0.2, -0.15) is 5.10 Å². The molecule has 2 heterocycles. The zero-order valence-electron chi connectivity index (χ0n) is 11.1. The zero-order chi connectivity index (χ0) is 12.4. The van der Waals surface area contributed by atoms with E-state index in [1.807, 2.05) is 4.68 Å². The molecule has 1 aliphatic rings. The first kappa shape index (κ1) is 12.6. The molecule has 2 rings (SSSR count). The summed E-state index contributed by atoms with van der Waals surface area (Å²) in [7, 11) is 0. The molecule has 2 atom stereocenters. The molecule has 0 bridgehead atoms.